The smallest absolute Gasteiger partial charge is 0.0640 e. The van der Waals surface area contributed by atoms with Crippen molar-refractivity contribution < 1.29 is 0 Å². The molecule has 0 saturated heterocycles. The summed E-state index contributed by atoms with van der Waals surface area (Å²) in [6.45, 7) is 3.76. The molecule has 2 rings (SSSR count). The van der Waals surface area contributed by atoms with Crippen LogP contribution in [0.5, 0.6) is 0 Å². The third-order valence-corrected chi connectivity index (χ3v) is 3.25. The van der Waals surface area contributed by atoms with Gasteiger partial charge in [-0.15, -0.1) is 0 Å². The maximum Gasteiger partial charge on any atom is 0.0640 e. The van der Waals surface area contributed by atoms with Gasteiger partial charge in [0.15, 0.2) is 0 Å². The molecule has 0 aliphatic rings. The van der Waals surface area contributed by atoms with E-state index < -0.39 is 0 Å². The molecule has 0 bridgehead atoms. The molecular weight excluding hydrogens is 258 g/mol. The highest BCUT2D eigenvalue weighted by Crippen LogP contribution is 2.20. The Morgan fingerprint density at radius 3 is 2.43 bits per heavy atom. The average molecular weight is 277 g/mol. The Labute approximate surface area is 126 Å². The lowest BCUT2D eigenvalue weighted by atomic mass is 10.2. The molecule has 0 saturated carbocycles. The standard InChI is InChI=1S/C18H19N3/c1-2-21(14-6-13-19)18-11-9-17(10-12-18)20-15-16-7-4-3-5-8-16/h3-5,7-12,15H,2,6,14H2,1H3. The second-order valence-electron chi connectivity index (χ2n) is 4.67. The van der Waals surface area contributed by atoms with Gasteiger partial charge >= 0.3 is 0 Å². The zero-order valence-electron chi connectivity index (χ0n) is 12.2. The molecule has 0 amide bonds. The van der Waals surface area contributed by atoms with E-state index in [2.05, 4.69) is 35.0 Å². The minimum absolute atomic E-state index is 0.543. The topological polar surface area (TPSA) is 39.4 Å². The number of rotatable bonds is 6. The third-order valence-electron chi connectivity index (χ3n) is 3.25. The highest BCUT2D eigenvalue weighted by molar-refractivity contribution is 5.81. The fourth-order valence-electron chi connectivity index (χ4n) is 2.09. The van der Waals surface area contributed by atoms with Gasteiger partial charge in [-0.05, 0) is 36.8 Å². The van der Waals surface area contributed by atoms with Crippen LogP contribution in [0.25, 0.3) is 0 Å². The Morgan fingerprint density at radius 2 is 1.81 bits per heavy atom. The fraction of sp³-hybridized carbons (Fsp3) is 0.222. The van der Waals surface area contributed by atoms with Gasteiger partial charge in [-0.3, -0.25) is 4.99 Å². The fourth-order valence-corrected chi connectivity index (χ4v) is 2.09. The van der Waals surface area contributed by atoms with Crippen LogP contribution in [0.2, 0.25) is 0 Å². The highest BCUT2D eigenvalue weighted by atomic mass is 15.1. The molecule has 0 N–H and O–H groups in total. The lowest BCUT2D eigenvalue weighted by molar-refractivity contribution is 0.827. The van der Waals surface area contributed by atoms with Crippen LogP contribution < -0.4 is 4.90 Å². The molecule has 106 valence electrons. The summed E-state index contributed by atoms with van der Waals surface area (Å²) in [4.78, 5) is 6.66. The van der Waals surface area contributed by atoms with Gasteiger partial charge in [0.2, 0.25) is 0 Å². The van der Waals surface area contributed by atoms with Crippen molar-refractivity contribution in [3.8, 4) is 6.07 Å². The summed E-state index contributed by atoms with van der Waals surface area (Å²) in [6, 6.07) is 20.3. The van der Waals surface area contributed by atoms with E-state index in [1.807, 2.05) is 48.7 Å². The van der Waals surface area contributed by atoms with Crippen LogP contribution in [-0.2, 0) is 0 Å². The van der Waals surface area contributed by atoms with Gasteiger partial charge < -0.3 is 4.90 Å². The first-order chi connectivity index (χ1) is 10.3. The monoisotopic (exact) mass is 277 g/mol. The van der Waals surface area contributed by atoms with Crippen LogP contribution in [0.3, 0.4) is 0 Å². The number of nitrogens with zero attached hydrogens (tertiary/aromatic N) is 3. The molecule has 21 heavy (non-hydrogen) atoms. The molecule has 3 nitrogen and oxygen atoms in total. The van der Waals surface area contributed by atoms with Gasteiger partial charge in [0.05, 0.1) is 18.2 Å². The maximum absolute atomic E-state index is 8.68. The predicted octanol–water partition coefficient (Wildman–Crippen LogP) is 4.18. The van der Waals surface area contributed by atoms with E-state index in [1.165, 1.54) is 0 Å². The summed E-state index contributed by atoms with van der Waals surface area (Å²) in [7, 11) is 0. The summed E-state index contributed by atoms with van der Waals surface area (Å²) in [5, 5.41) is 8.68. The van der Waals surface area contributed by atoms with Crippen LogP contribution in [-0.4, -0.2) is 19.3 Å². The van der Waals surface area contributed by atoms with E-state index in [0.717, 1.165) is 30.0 Å². The van der Waals surface area contributed by atoms with Crippen molar-refractivity contribution in [3.63, 3.8) is 0 Å². The number of hydrogen-bond donors (Lipinski definition) is 0. The van der Waals surface area contributed by atoms with Gasteiger partial charge in [0.25, 0.3) is 0 Å². The predicted molar refractivity (Wildman–Crippen MR) is 88.3 cm³/mol. The van der Waals surface area contributed by atoms with Gasteiger partial charge in [-0.25, -0.2) is 0 Å². The van der Waals surface area contributed by atoms with Crippen LogP contribution in [0.4, 0.5) is 11.4 Å². The largest absolute Gasteiger partial charge is 0.371 e. The zero-order chi connectivity index (χ0) is 14.9. The third kappa shape index (κ3) is 4.47. The summed E-state index contributed by atoms with van der Waals surface area (Å²) in [6.07, 6.45) is 2.41. The summed E-state index contributed by atoms with van der Waals surface area (Å²) in [5.41, 5.74) is 3.15. The lowest BCUT2D eigenvalue weighted by Crippen LogP contribution is -2.23. The van der Waals surface area contributed by atoms with Gasteiger partial charge in [0, 0.05) is 25.0 Å². The molecule has 0 radical (unpaired) electrons. The quantitative estimate of drug-likeness (QED) is 0.743. The first-order valence-corrected chi connectivity index (χ1v) is 7.14. The molecule has 3 heteroatoms. The second-order valence-corrected chi connectivity index (χ2v) is 4.67. The molecule has 0 unspecified atom stereocenters. The minimum Gasteiger partial charge on any atom is -0.371 e. The van der Waals surface area contributed by atoms with Crippen molar-refractivity contribution in [2.75, 3.05) is 18.0 Å². The summed E-state index contributed by atoms with van der Waals surface area (Å²) < 4.78 is 0. The molecule has 0 atom stereocenters. The number of nitriles is 1. The highest BCUT2D eigenvalue weighted by Gasteiger charge is 2.03. The first kappa shape index (κ1) is 14.8. The Kier molecular flexibility index (Phi) is 5.54. The van der Waals surface area contributed by atoms with E-state index in [4.69, 9.17) is 5.26 Å². The minimum atomic E-state index is 0.543. The van der Waals surface area contributed by atoms with Gasteiger partial charge in [-0.1, -0.05) is 30.3 Å². The van der Waals surface area contributed by atoms with Crippen LogP contribution >= 0.6 is 0 Å². The molecule has 0 spiro atoms. The van der Waals surface area contributed by atoms with Crippen LogP contribution in [0.15, 0.2) is 59.6 Å². The Balaban J connectivity index is 2.05. The summed E-state index contributed by atoms with van der Waals surface area (Å²) in [5.74, 6) is 0. The van der Waals surface area contributed by atoms with Gasteiger partial charge in [0.1, 0.15) is 0 Å². The van der Waals surface area contributed by atoms with Crippen molar-refractivity contribution in [3.05, 3.63) is 60.2 Å². The molecule has 2 aromatic carbocycles. The van der Waals surface area contributed by atoms with Crippen molar-refractivity contribution in [2.24, 2.45) is 4.99 Å². The van der Waals surface area contributed by atoms with E-state index >= 15 is 0 Å². The number of benzene rings is 2. The van der Waals surface area contributed by atoms with Gasteiger partial charge in [-0.2, -0.15) is 5.26 Å². The molecule has 0 aromatic heterocycles. The molecule has 0 aliphatic carbocycles. The average Bonchev–Trinajstić information content (AvgIpc) is 2.56. The van der Waals surface area contributed by atoms with E-state index in [0.29, 0.717) is 6.42 Å². The number of aliphatic imine (C=N–C) groups is 1. The molecular formula is C18H19N3. The van der Waals surface area contributed by atoms with Crippen molar-refractivity contribution in [2.45, 2.75) is 13.3 Å². The normalized spacial score (nSPS) is 10.5. The van der Waals surface area contributed by atoms with E-state index in [-0.39, 0.29) is 0 Å². The zero-order valence-corrected chi connectivity index (χ0v) is 12.2. The SMILES string of the molecule is CCN(CCC#N)c1ccc(N=Cc2ccccc2)cc1. The number of anilines is 1. The van der Waals surface area contributed by atoms with Crippen LogP contribution in [0, 0.1) is 11.3 Å². The molecule has 0 aliphatic heterocycles. The van der Waals surface area contributed by atoms with Crippen molar-refractivity contribution in [1.29, 1.82) is 5.26 Å². The number of hydrogen-bond acceptors (Lipinski definition) is 3. The Hall–Kier alpha value is -2.60. The second kappa shape index (κ2) is 7.86. The molecule has 2 aromatic rings. The lowest BCUT2D eigenvalue weighted by Gasteiger charge is -2.21. The van der Waals surface area contributed by atoms with Crippen molar-refractivity contribution in [1.82, 2.24) is 0 Å². The van der Waals surface area contributed by atoms with Crippen LogP contribution in [0.1, 0.15) is 18.9 Å². The van der Waals surface area contributed by atoms with E-state index in [9.17, 15) is 0 Å². The van der Waals surface area contributed by atoms with E-state index in [1.54, 1.807) is 0 Å². The molecule has 0 heterocycles. The molecule has 0 fully saturated rings. The van der Waals surface area contributed by atoms with Crippen molar-refractivity contribution >= 4 is 17.6 Å². The Morgan fingerprint density at radius 1 is 1.10 bits per heavy atom. The maximum atomic E-state index is 8.68. The Bertz CT molecular complexity index is 609. The summed E-state index contributed by atoms with van der Waals surface area (Å²) >= 11 is 0. The first-order valence-electron chi connectivity index (χ1n) is 7.14.